The van der Waals surface area contributed by atoms with Crippen LogP contribution >= 0.6 is 0 Å². The number of carbonyl (C=O) groups excluding carboxylic acids is 3. The van der Waals surface area contributed by atoms with Crippen LogP contribution in [0.1, 0.15) is 26.7 Å². The van der Waals surface area contributed by atoms with Gasteiger partial charge in [-0.1, -0.05) is 13.8 Å². The van der Waals surface area contributed by atoms with Crippen LogP contribution in [-0.4, -0.2) is 72.6 Å². The summed E-state index contributed by atoms with van der Waals surface area (Å²) >= 11 is 0. The number of hydroxylamine groups is 2. The molecule has 4 amide bonds. The van der Waals surface area contributed by atoms with Crippen molar-refractivity contribution in [2.45, 2.75) is 38.8 Å². The molecule has 1 spiro atoms. The van der Waals surface area contributed by atoms with E-state index in [0.717, 1.165) is 6.42 Å². The van der Waals surface area contributed by atoms with Crippen LogP contribution < -0.4 is 10.9 Å². The Kier molecular flexibility index (Phi) is 4.16. The van der Waals surface area contributed by atoms with Crippen LogP contribution in [0.5, 0.6) is 0 Å². The fourth-order valence-electron chi connectivity index (χ4n) is 4.24. The molecule has 1 saturated carbocycles. The minimum absolute atomic E-state index is 0.0411. The first kappa shape index (κ1) is 19.4. The summed E-state index contributed by atoms with van der Waals surface area (Å²) in [6, 6.07) is -2.46. The molecule has 13 heteroatoms. The molecule has 12 nitrogen and oxygen atoms in total. The Hall–Kier alpha value is -1.96. The lowest BCUT2D eigenvalue weighted by Gasteiger charge is -2.50. The van der Waals surface area contributed by atoms with Crippen LogP contribution in [-0.2, 0) is 29.0 Å². The SMILES string of the molecule is CC1(C)CC1C(=O)NNC(=O)[C@@H]1CC2(COC2)[C@@H]2CN1C(=O)N2OS(=O)(=O)O. The highest BCUT2D eigenvalue weighted by Gasteiger charge is 2.63. The van der Waals surface area contributed by atoms with Crippen molar-refractivity contribution in [3.05, 3.63) is 0 Å². The number of nitrogens with one attached hydrogen (secondary N) is 2. The molecule has 28 heavy (non-hydrogen) atoms. The third-order valence-corrected chi connectivity index (χ3v) is 6.51. The normalized spacial score (nSPS) is 32.1. The van der Waals surface area contributed by atoms with Gasteiger partial charge in [-0.05, 0) is 18.3 Å². The summed E-state index contributed by atoms with van der Waals surface area (Å²) in [7, 11) is -4.91. The molecule has 1 aliphatic carbocycles. The number of hydrogen-bond acceptors (Lipinski definition) is 7. The standard InChI is InChI=1S/C15H22N4O8S/c1-14(2)3-8(14)11(20)16-17-12(21)9-4-15(6-26-7-15)10-5-18(9)13(22)19(10)27-28(23,24)25/h8-10H,3-7H2,1-2H3,(H,16,20)(H,17,21)(H,23,24,25)/t8?,9-,10-/m0/s1. The number of amides is 4. The Morgan fingerprint density at radius 3 is 2.32 bits per heavy atom. The molecule has 4 aliphatic rings. The van der Waals surface area contributed by atoms with Gasteiger partial charge in [0.25, 0.3) is 5.91 Å². The van der Waals surface area contributed by atoms with Crippen molar-refractivity contribution in [1.29, 1.82) is 0 Å². The zero-order chi connectivity index (χ0) is 20.5. The average molecular weight is 418 g/mol. The van der Waals surface area contributed by atoms with Crippen molar-refractivity contribution < 1.29 is 36.4 Å². The number of hydrazine groups is 1. The van der Waals surface area contributed by atoms with E-state index in [-0.39, 0.29) is 43.4 Å². The third kappa shape index (κ3) is 3.11. The second-order valence-corrected chi connectivity index (χ2v) is 9.58. The molecular weight excluding hydrogens is 396 g/mol. The highest BCUT2D eigenvalue weighted by molar-refractivity contribution is 7.80. The predicted octanol–water partition coefficient (Wildman–Crippen LogP) is -1.19. The summed E-state index contributed by atoms with van der Waals surface area (Å²) in [5.74, 6) is -1.06. The summed E-state index contributed by atoms with van der Waals surface area (Å²) in [5, 5.41) is 0.594. The molecule has 3 atom stereocenters. The number of rotatable bonds is 4. The second-order valence-electron chi connectivity index (χ2n) is 8.58. The maximum atomic E-state index is 12.7. The zero-order valence-corrected chi connectivity index (χ0v) is 16.2. The Balaban J connectivity index is 1.47. The minimum atomic E-state index is -4.91. The fraction of sp³-hybridized carbons (Fsp3) is 0.800. The smallest absolute Gasteiger partial charge is 0.380 e. The van der Waals surface area contributed by atoms with Crippen molar-refractivity contribution in [2.24, 2.45) is 16.7 Å². The first-order valence-electron chi connectivity index (χ1n) is 8.88. The van der Waals surface area contributed by atoms with Gasteiger partial charge in [-0.25, -0.2) is 4.79 Å². The van der Waals surface area contributed by atoms with Crippen LogP contribution in [0, 0.1) is 16.7 Å². The van der Waals surface area contributed by atoms with E-state index in [0.29, 0.717) is 5.06 Å². The summed E-state index contributed by atoms with van der Waals surface area (Å²) < 4.78 is 40.9. The Morgan fingerprint density at radius 1 is 1.21 bits per heavy atom. The van der Waals surface area contributed by atoms with Gasteiger partial charge in [0, 0.05) is 17.9 Å². The molecule has 0 aromatic carbocycles. The number of carbonyl (C=O) groups is 3. The van der Waals surface area contributed by atoms with Gasteiger partial charge in [-0.15, -0.1) is 4.28 Å². The van der Waals surface area contributed by atoms with Crippen molar-refractivity contribution in [3.8, 4) is 0 Å². The Labute approximate surface area is 161 Å². The molecule has 3 heterocycles. The maximum Gasteiger partial charge on any atom is 0.418 e. The molecule has 0 aromatic heterocycles. The monoisotopic (exact) mass is 418 g/mol. The highest BCUT2D eigenvalue weighted by atomic mass is 32.3. The molecule has 3 saturated heterocycles. The predicted molar refractivity (Wildman–Crippen MR) is 90.2 cm³/mol. The molecule has 156 valence electrons. The number of hydrogen-bond donors (Lipinski definition) is 3. The van der Waals surface area contributed by atoms with E-state index in [4.69, 9.17) is 9.29 Å². The van der Waals surface area contributed by atoms with Gasteiger partial charge < -0.3 is 9.64 Å². The summed E-state index contributed by atoms with van der Waals surface area (Å²) in [4.78, 5) is 38.5. The molecule has 2 bridgehead atoms. The van der Waals surface area contributed by atoms with Gasteiger partial charge in [-0.3, -0.25) is 25.0 Å². The van der Waals surface area contributed by atoms with Gasteiger partial charge in [0.05, 0.1) is 19.3 Å². The number of nitrogens with zero attached hydrogens (tertiary/aromatic N) is 2. The largest absolute Gasteiger partial charge is 0.418 e. The second kappa shape index (κ2) is 6.02. The number of fused-ring (bicyclic) bond motifs is 3. The van der Waals surface area contributed by atoms with E-state index >= 15 is 0 Å². The van der Waals surface area contributed by atoms with Crippen LogP contribution in [0.15, 0.2) is 0 Å². The minimum Gasteiger partial charge on any atom is -0.380 e. The van der Waals surface area contributed by atoms with Crippen molar-refractivity contribution in [2.75, 3.05) is 19.8 Å². The van der Waals surface area contributed by atoms with Crippen LogP contribution in [0.4, 0.5) is 4.79 Å². The molecule has 4 rings (SSSR count). The molecule has 4 fully saturated rings. The van der Waals surface area contributed by atoms with Gasteiger partial charge in [0.15, 0.2) is 0 Å². The number of piperidine rings is 1. The average Bonchev–Trinajstić information content (AvgIpc) is 3.13. The molecule has 0 radical (unpaired) electrons. The van der Waals surface area contributed by atoms with Gasteiger partial charge in [0.2, 0.25) is 5.91 Å². The maximum absolute atomic E-state index is 12.7. The molecule has 3 N–H and O–H groups in total. The first-order chi connectivity index (χ1) is 12.9. The van der Waals surface area contributed by atoms with E-state index in [9.17, 15) is 22.8 Å². The topological polar surface area (TPSA) is 155 Å². The lowest BCUT2D eigenvalue weighted by atomic mass is 9.71. The third-order valence-electron chi connectivity index (χ3n) is 6.16. The lowest BCUT2D eigenvalue weighted by Crippen LogP contribution is -2.64. The number of urea groups is 1. The zero-order valence-electron chi connectivity index (χ0n) is 15.4. The summed E-state index contributed by atoms with van der Waals surface area (Å²) in [6.45, 7) is 4.38. The first-order valence-corrected chi connectivity index (χ1v) is 10.2. The van der Waals surface area contributed by atoms with Crippen molar-refractivity contribution in [1.82, 2.24) is 20.8 Å². The molecule has 0 aromatic rings. The summed E-state index contributed by atoms with van der Waals surface area (Å²) in [6.07, 6.45) is 0.943. The van der Waals surface area contributed by atoms with Gasteiger partial charge in [0.1, 0.15) is 6.04 Å². The van der Waals surface area contributed by atoms with E-state index in [1.54, 1.807) is 0 Å². The Morgan fingerprint density at radius 2 is 1.82 bits per heavy atom. The number of ether oxygens (including phenoxy) is 1. The van der Waals surface area contributed by atoms with E-state index in [2.05, 4.69) is 15.1 Å². The van der Waals surface area contributed by atoms with Crippen LogP contribution in [0.2, 0.25) is 0 Å². The van der Waals surface area contributed by atoms with Crippen LogP contribution in [0.25, 0.3) is 0 Å². The Bertz CT molecular complexity index is 839. The molecule has 1 unspecified atom stereocenters. The van der Waals surface area contributed by atoms with E-state index < -0.39 is 39.8 Å². The van der Waals surface area contributed by atoms with Crippen LogP contribution in [0.3, 0.4) is 0 Å². The highest BCUT2D eigenvalue weighted by Crippen LogP contribution is 2.51. The van der Waals surface area contributed by atoms with Crippen molar-refractivity contribution in [3.63, 3.8) is 0 Å². The fourth-order valence-corrected chi connectivity index (χ4v) is 4.61. The quantitative estimate of drug-likeness (QED) is 0.380. The van der Waals surface area contributed by atoms with E-state index in [1.807, 2.05) is 13.8 Å². The molecular formula is C15H22N4O8S. The van der Waals surface area contributed by atoms with Gasteiger partial charge in [-0.2, -0.15) is 13.5 Å². The van der Waals surface area contributed by atoms with E-state index in [1.165, 1.54) is 4.90 Å². The molecule has 3 aliphatic heterocycles. The lowest BCUT2D eigenvalue weighted by molar-refractivity contribution is -0.193. The van der Waals surface area contributed by atoms with Gasteiger partial charge >= 0.3 is 16.4 Å². The summed E-state index contributed by atoms with van der Waals surface area (Å²) in [5.41, 5.74) is 3.99. The van der Waals surface area contributed by atoms with Crippen molar-refractivity contribution >= 4 is 28.2 Å².